The lowest BCUT2D eigenvalue weighted by molar-refractivity contribution is 0.135. The Morgan fingerprint density at radius 3 is 2.60 bits per heavy atom. The number of nitrogens with zero attached hydrogens (tertiary/aromatic N) is 1. The molecular weight excluding hydrogens is 184 g/mol. The molecule has 2 nitrogen and oxygen atoms in total. The lowest BCUT2D eigenvalue weighted by Crippen LogP contribution is -2.54. The lowest BCUT2D eigenvalue weighted by Gasteiger charge is -2.39. The Balaban J connectivity index is 1.77. The van der Waals surface area contributed by atoms with Gasteiger partial charge in [-0.1, -0.05) is 32.1 Å². The van der Waals surface area contributed by atoms with Crippen LogP contribution < -0.4 is 5.32 Å². The Bertz CT molecular complexity index is 187. The molecule has 2 aliphatic rings. The maximum Gasteiger partial charge on any atom is 0.0220 e. The summed E-state index contributed by atoms with van der Waals surface area (Å²) in [5.74, 6) is 1.02. The Kier molecular flexibility index (Phi) is 4.04. The number of hydrogen-bond donors (Lipinski definition) is 1. The molecule has 1 N–H and O–H groups in total. The van der Waals surface area contributed by atoms with Crippen LogP contribution in [0.1, 0.15) is 45.4 Å². The smallest absolute Gasteiger partial charge is 0.0220 e. The Morgan fingerprint density at radius 1 is 1.20 bits per heavy atom. The molecule has 0 aromatic carbocycles. The second-order valence-corrected chi connectivity index (χ2v) is 5.64. The second kappa shape index (κ2) is 5.31. The van der Waals surface area contributed by atoms with Crippen molar-refractivity contribution in [1.29, 1.82) is 0 Å². The molecule has 1 heterocycles. The van der Waals surface area contributed by atoms with Crippen LogP contribution in [-0.2, 0) is 0 Å². The molecule has 0 radical (unpaired) electrons. The van der Waals surface area contributed by atoms with Crippen molar-refractivity contribution in [2.45, 2.75) is 57.5 Å². The zero-order valence-corrected chi connectivity index (χ0v) is 10.3. The molecule has 0 aromatic rings. The molecule has 88 valence electrons. The topological polar surface area (TPSA) is 15.3 Å². The van der Waals surface area contributed by atoms with Gasteiger partial charge in [0.1, 0.15) is 0 Å². The fourth-order valence-corrected chi connectivity index (χ4v) is 3.21. The fraction of sp³-hybridized carbons (Fsp3) is 1.00. The summed E-state index contributed by atoms with van der Waals surface area (Å²) >= 11 is 0. The van der Waals surface area contributed by atoms with Gasteiger partial charge < -0.3 is 10.2 Å². The van der Waals surface area contributed by atoms with Gasteiger partial charge in [0, 0.05) is 25.2 Å². The first-order chi connectivity index (χ1) is 7.25. The van der Waals surface area contributed by atoms with Gasteiger partial charge in [0.05, 0.1) is 0 Å². The molecule has 1 saturated carbocycles. The van der Waals surface area contributed by atoms with Crippen LogP contribution in [0.3, 0.4) is 0 Å². The van der Waals surface area contributed by atoms with Gasteiger partial charge >= 0.3 is 0 Å². The van der Waals surface area contributed by atoms with E-state index in [0.29, 0.717) is 6.04 Å². The standard InChI is InChI=1S/C13H26N2/c1-11-10-15(2)13(9-14-11)8-12-6-4-3-5-7-12/h11-14H,3-10H2,1-2H3. The molecule has 1 aliphatic heterocycles. The van der Waals surface area contributed by atoms with E-state index in [9.17, 15) is 0 Å². The van der Waals surface area contributed by atoms with Gasteiger partial charge in [0.2, 0.25) is 0 Å². The van der Waals surface area contributed by atoms with Crippen molar-refractivity contribution in [3.8, 4) is 0 Å². The average Bonchev–Trinajstić information content (AvgIpc) is 2.24. The van der Waals surface area contributed by atoms with Crippen molar-refractivity contribution >= 4 is 0 Å². The van der Waals surface area contributed by atoms with Crippen molar-refractivity contribution < 1.29 is 0 Å². The maximum atomic E-state index is 3.61. The van der Waals surface area contributed by atoms with E-state index in [4.69, 9.17) is 0 Å². The first-order valence-corrected chi connectivity index (χ1v) is 6.69. The first kappa shape index (κ1) is 11.4. The summed E-state index contributed by atoms with van der Waals surface area (Å²) in [6.07, 6.45) is 8.83. The zero-order chi connectivity index (χ0) is 10.7. The minimum absolute atomic E-state index is 0.678. The van der Waals surface area contributed by atoms with E-state index < -0.39 is 0 Å². The van der Waals surface area contributed by atoms with Crippen LogP contribution in [-0.4, -0.2) is 37.1 Å². The van der Waals surface area contributed by atoms with Crippen LogP contribution in [0, 0.1) is 5.92 Å². The van der Waals surface area contributed by atoms with Crippen molar-refractivity contribution in [2.75, 3.05) is 20.1 Å². The van der Waals surface area contributed by atoms with Crippen LogP contribution in [0.2, 0.25) is 0 Å². The Labute approximate surface area is 94.4 Å². The van der Waals surface area contributed by atoms with Gasteiger partial charge in [-0.15, -0.1) is 0 Å². The lowest BCUT2D eigenvalue weighted by atomic mass is 9.84. The predicted octanol–water partition coefficient (Wildman–Crippen LogP) is 2.25. The molecule has 2 unspecified atom stereocenters. The summed E-state index contributed by atoms with van der Waals surface area (Å²) in [7, 11) is 2.30. The predicted molar refractivity (Wildman–Crippen MR) is 65.1 cm³/mol. The molecule has 0 bridgehead atoms. The van der Waals surface area contributed by atoms with E-state index >= 15 is 0 Å². The minimum Gasteiger partial charge on any atom is -0.311 e. The molecule has 2 heteroatoms. The Hall–Kier alpha value is -0.0800. The van der Waals surface area contributed by atoms with E-state index in [1.165, 1.54) is 51.6 Å². The number of likely N-dealkylation sites (N-methyl/N-ethyl adjacent to an activating group) is 1. The highest BCUT2D eigenvalue weighted by Gasteiger charge is 2.25. The van der Waals surface area contributed by atoms with Gasteiger partial charge in [-0.2, -0.15) is 0 Å². The number of piperazine rings is 1. The van der Waals surface area contributed by atoms with Crippen molar-refractivity contribution in [3.63, 3.8) is 0 Å². The second-order valence-electron chi connectivity index (χ2n) is 5.64. The van der Waals surface area contributed by atoms with E-state index in [1.54, 1.807) is 0 Å². The molecular formula is C13H26N2. The minimum atomic E-state index is 0.678. The molecule has 15 heavy (non-hydrogen) atoms. The highest BCUT2D eigenvalue weighted by molar-refractivity contribution is 4.84. The monoisotopic (exact) mass is 210 g/mol. The molecule has 2 rings (SSSR count). The third-order valence-corrected chi connectivity index (χ3v) is 4.22. The highest BCUT2D eigenvalue weighted by Crippen LogP contribution is 2.28. The van der Waals surface area contributed by atoms with Gasteiger partial charge in [-0.3, -0.25) is 0 Å². The fourth-order valence-electron chi connectivity index (χ4n) is 3.21. The van der Waals surface area contributed by atoms with Crippen LogP contribution >= 0.6 is 0 Å². The molecule has 2 fully saturated rings. The van der Waals surface area contributed by atoms with Crippen LogP contribution in [0.25, 0.3) is 0 Å². The van der Waals surface area contributed by atoms with E-state index in [1.807, 2.05) is 0 Å². The summed E-state index contributed by atoms with van der Waals surface area (Å²) in [5, 5.41) is 3.61. The summed E-state index contributed by atoms with van der Waals surface area (Å²) in [6, 6.07) is 1.47. The zero-order valence-electron chi connectivity index (χ0n) is 10.3. The number of hydrogen-bond acceptors (Lipinski definition) is 2. The largest absolute Gasteiger partial charge is 0.311 e. The highest BCUT2D eigenvalue weighted by atomic mass is 15.2. The van der Waals surface area contributed by atoms with E-state index in [2.05, 4.69) is 24.2 Å². The third-order valence-electron chi connectivity index (χ3n) is 4.22. The van der Waals surface area contributed by atoms with Crippen LogP contribution in [0.5, 0.6) is 0 Å². The van der Waals surface area contributed by atoms with Crippen molar-refractivity contribution in [3.05, 3.63) is 0 Å². The van der Waals surface area contributed by atoms with E-state index in [-0.39, 0.29) is 0 Å². The summed E-state index contributed by atoms with van der Waals surface area (Å²) in [5.41, 5.74) is 0. The molecule has 0 amide bonds. The summed E-state index contributed by atoms with van der Waals surface area (Å²) in [4.78, 5) is 2.57. The van der Waals surface area contributed by atoms with E-state index in [0.717, 1.165) is 12.0 Å². The number of nitrogens with one attached hydrogen (secondary N) is 1. The Morgan fingerprint density at radius 2 is 1.93 bits per heavy atom. The van der Waals surface area contributed by atoms with Gasteiger partial charge in [-0.05, 0) is 26.3 Å². The normalized spacial score (nSPS) is 35.6. The molecule has 1 saturated heterocycles. The number of rotatable bonds is 2. The summed E-state index contributed by atoms with van der Waals surface area (Å²) in [6.45, 7) is 4.71. The van der Waals surface area contributed by atoms with Crippen LogP contribution in [0.15, 0.2) is 0 Å². The molecule has 0 spiro atoms. The third kappa shape index (κ3) is 3.18. The molecule has 2 atom stereocenters. The van der Waals surface area contributed by atoms with Crippen LogP contribution in [0.4, 0.5) is 0 Å². The quantitative estimate of drug-likeness (QED) is 0.752. The van der Waals surface area contributed by atoms with Gasteiger partial charge in [0.25, 0.3) is 0 Å². The molecule has 1 aliphatic carbocycles. The average molecular weight is 210 g/mol. The van der Waals surface area contributed by atoms with Crippen molar-refractivity contribution in [2.24, 2.45) is 5.92 Å². The maximum absolute atomic E-state index is 3.61. The molecule has 0 aromatic heterocycles. The summed E-state index contributed by atoms with van der Waals surface area (Å²) < 4.78 is 0. The van der Waals surface area contributed by atoms with Crippen molar-refractivity contribution in [1.82, 2.24) is 10.2 Å². The van der Waals surface area contributed by atoms with Gasteiger partial charge in [0.15, 0.2) is 0 Å². The van der Waals surface area contributed by atoms with Gasteiger partial charge in [-0.25, -0.2) is 0 Å². The SMILES string of the molecule is CC1CN(C)C(CC2CCCCC2)CN1. The first-order valence-electron chi connectivity index (χ1n) is 6.69.